The van der Waals surface area contributed by atoms with Crippen molar-refractivity contribution in [2.24, 2.45) is 0 Å². The highest BCUT2D eigenvalue weighted by molar-refractivity contribution is 5.43. The number of hydrogen-bond acceptors (Lipinski definition) is 2. The molecule has 0 aliphatic heterocycles. The molecule has 0 amide bonds. The van der Waals surface area contributed by atoms with Crippen LogP contribution in [0.25, 0.3) is 5.69 Å². The molecule has 2 aromatic rings. The summed E-state index contributed by atoms with van der Waals surface area (Å²) >= 11 is 0. The van der Waals surface area contributed by atoms with E-state index in [1.807, 2.05) is 13.8 Å². The summed E-state index contributed by atoms with van der Waals surface area (Å²) < 4.78 is 1.78. The van der Waals surface area contributed by atoms with Gasteiger partial charge < -0.3 is 5.11 Å². The molecule has 0 unspecified atom stereocenters. The second-order valence-electron chi connectivity index (χ2n) is 4.28. The zero-order valence-electron chi connectivity index (χ0n) is 10.1. The second kappa shape index (κ2) is 3.67. The summed E-state index contributed by atoms with van der Waals surface area (Å²) in [6.45, 7) is 7.79. The van der Waals surface area contributed by atoms with Crippen LogP contribution in [0.3, 0.4) is 0 Å². The Morgan fingerprint density at radius 2 is 1.56 bits per heavy atom. The minimum atomic E-state index is 0.277. The van der Waals surface area contributed by atoms with Crippen LogP contribution in [0, 0.1) is 27.7 Å². The highest BCUT2D eigenvalue weighted by Gasteiger charge is 2.11. The van der Waals surface area contributed by atoms with Gasteiger partial charge in [-0.15, -0.1) is 0 Å². The van der Waals surface area contributed by atoms with Crippen LogP contribution in [0.15, 0.2) is 18.2 Å². The van der Waals surface area contributed by atoms with Crippen LogP contribution in [-0.2, 0) is 0 Å². The topological polar surface area (TPSA) is 38.0 Å². The first-order valence-electron chi connectivity index (χ1n) is 5.33. The van der Waals surface area contributed by atoms with Crippen LogP contribution in [-0.4, -0.2) is 14.9 Å². The average molecular weight is 216 g/mol. The Morgan fingerprint density at radius 1 is 1.00 bits per heavy atom. The van der Waals surface area contributed by atoms with Gasteiger partial charge in [0.05, 0.1) is 11.4 Å². The zero-order chi connectivity index (χ0) is 11.9. The predicted octanol–water partition coefficient (Wildman–Crippen LogP) is 2.81. The lowest BCUT2D eigenvalue weighted by atomic mass is 10.1. The summed E-state index contributed by atoms with van der Waals surface area (Å²) in [6.07, 6.45) is 0. The maximum atomic E-state index is 9.74. The normalized spacial score (nSPS) is 10.8. The Labute approximate surface area is 95.3 Å². The number of rotatable bonds is 1. The van der Waals surface area contributed by atoms with Gasteiger partial charge in [-0.05, 0) is 51.0 Å². The van der Waals surface area contributed by atoms with E-state index in [-0.39, 0.29) is 5.75 Å². The number of aromatic nitrogens is 2. The molecule has 2 rings (SSSR count). The molecule has 1 heterocycles. The number of hydrogen-bond donors (Lipinski definition) is 1. The highest BCUT2D eigenvalue weighted by atomic mass is 16.3. The van der Waals surface area contributed by atoms with E-state index >= 15 is 0 Å². The van der Waals surface area contributed by atoms with E-state index in [4.69, 9.17) is 0 Å². The van der Waals surface area contributed by atoms with Crippen molar-refractivity contribution in [2.75, 3.05) is 0 Å². The number of benzene rings is 1. The summed E-state index contributed by atoms with van der Waals surface area (Å²) in [6, 6.07) is 6.24. The fourth-order valence-corrected chi connectivity index (χ4v) is 1.96. The Balaban J connectivity index is 2.62. The third-order valence-corrected chi connectivity index (χ3v) is 2.70. The maximum absolute atomic E-state index is 9.74. The number of aryl methyl sites for hydroxylation is 3. The average Bonchev–Trinajstić information content (AvgIpc) is 2.44. The molecular weight excluding hydrogens is 200 g/mol. The Hall–Kier alpha value is -1.77. The lowest BCUT2D eigenvalue weighted by Gasteiger charge is -2.06. The highest BCUT2D eigenvalue weighted by Crippen LogP contribution is 2.24. The van der Waals surface area contributed by atoms with Gasteiger partial charge >= 0.3 is 0 Å². The molecule has 0 spiro atoms. The van der Waals surface area contributed by atoms with E-state index in [0.717, 1.165) is 11.4 Å². The van der Waals surface area contributed by atoms with Crippen LogP contribution in [0.4, 0.5) is 0 Å². The first-order valence-corrected chi connectivity index (χ1v) is 5.33. The van der Waals surface area contributed by atoms with Gasteiger partial charge in [0.15, 0.2) is 5.75 Å². The summed E-state index contributed by atoms with van der Waals surface area (Å²) in [5, 5.41) is 14.1. The summed E-state index contributed by atoms with van der Waals surface area (Å²) in [4.78, 5) is 0. The molecule has 0 saturated heterocycles. The first-order chi connectivity index (χ1) is 7.49. The van der Waals surface area contributed by atoms with Gasteiger partial charge in [0.25, 0.3) is 0 Å². The zero-order valence-corrected chi connectivity index (χ0v) is 10.1. The van der Waals surface area contributed by atoms with E-state index in [2.05, 4.69) is 37.1 Å². The summed E-state index contributed by atoms with van der Waals surface area (Å²) in [7, 11) is 0. The minimum Gasteiger partial charge on any atom is -0.504 e. The van der Waals surface area contributed by atoms with Crippen molar-refractivity contribution in [3.05, 3.63) is 40.7 Å². The van der Waals surface area contributed by atoms with Crippen molar-refractivity contribution in [2.45, 2.75) is 27.7 Å². The van der Waals surface area contributed by atoms with Crippen LogP contribution in [0.1, 0.15) is 22.5 Å². The third-order valence-electron chi connectivity index (χ3n) is 2.70. The lowest BCUT2D eigenvalue weighted by Crippen LogP contribution is -1.99. The van der Waals surface area contributed by atoms with Gasteiger partial charge in [-0.1, -0.05) is 6.07 Å². The molecule has 3 nitrogen and oxygen atoms in total. The Bertz CT molecular complexity index is 521. The molecule has 16 heavy (non-hydrogen) atoms. The van der Waals surface area contributed by atoms with Crippen molar-refractivity contribution in [3.8, 4) is 11.4 Å². The molecule has 0 aliphatic rings. The van der Waals surface area contributed by atoms with Crippen LogP contribution < -0.4 is 0 Å². The minimum absolute atomic E-state index is 0.277. The fourth-order valence-electron chi connectivity index (χ4n) is 1.96. The van der Waals surface area contributed by atoms with Gasteiger partial charge in [-0.3, -0.25) is 0 Å². The molecule has 0 fully saturated rings. The van der Waals surface area contributed by atoms with Gasteiger partial charge in [-0.2, -0.15) is 5.10 Å². The van der Waals surface area contributed by atoms with Crippen LogP contribution in [0.2, 0.25) is 0 Å². The van der Waals surface area contributed by atoms with Crippen molar-refractivity contribution in [1.29, 1.82) is 0 Å². The van der Waals surface area contributed by atoms with Crippen molar-refractivity contribution in [1.82, 2.24) is 9.78 Å². The van der Waals surface area contributed by atoms with Crippen molar-refractivity contribution < 1.29 is 5.11 Å². The molecule has 0 aliphatic carbocycles. The molecule has 0 bridgehead atoms. The lowest BCUT2D eigenvalue weighted by molar-refractivity contribution is 0.466. The summed E-state index contributed by atoms with van der Waals surface area (Å²) in [5.74, 6) is 0.277. The predicted molar refractivity (Wildman–Crippen MR) is 64.2 cm³/mol. The van der Waals surface area contributed by atoms with Gasteiger partial charge in [0, 0.05) is 0 Å². The van der Waals surface area contributed by atoms with E-state index < -0.39 is 0 Å². The molecule has 0 saturated carbocycles. The summed E-state index contributed by atoms with van der Waals surface area (Å²) in [5.41, 5.74) is 4.83. The monoisotopic (exact) mass is 216 g/mol. The fraction of sp³-hybridized carbons (Fsp3) is 0.308. The molecule has 84 valence electrons. The SMILES string of the molecule is Cc1cc(C)cc(-n2nc(C)c(O)c2C)c1. The van der Waals surface area contributed by atoms with Gasteiger partial charge in [0.2, 0.25) is 0 Å². The van der Waals surface area contributed by atoms with E-state index in [9.17, 15) is 5.11 Å². The number of nitrogens with zero attached hydrogens (tertiary/aromatic N) is 2. The quantitative estimate of drug-likeness (QED) is 0.796. The molecule has 1 aromatic carbocycles. The Kier molecular flexibility index (Phi) is 2.46. The molecule has 0 radical (unpaired) electrons. The molecule has 1 N–H and O–H groups in total. The maximum Gasteiger partial charge on any atom is 0.159 e. The van der Waals surface area contributed by atoms with Gasteiger partial charge in [0.1, 0.15) is 5.69 Å². The molecule has 3 heteroatoms. The van der Waals surface area contributed by atoms with E-state index in [1.54, 1.807) is 4.68 Å². The third kappa shape index (κ3) is 1.69. The Morgan fingerprint density at radius 3 is 2.00 bits per heavy atom. The molecular formula is C13H16N2O. The standard InChI is InChI=1S/C13H16N2O/c1-8-5-9(2)7-12(6-8)15-11(4)13(16)10(3)14-15/h5-7,16H,1-4H3. The van der Waals surface area contributed by atoms with Crippen molar-refractivity contribution in [3.63, 3.8) is 0 Å². The van der Waals surface area contributed by atoms with Crippen molar-refractivity contribution >= 4 is 0 Å². The largest absolute Gasteiger partial charge is 0.504 e. The van der Waals surface area contributed by atoms with E-state index in [1.165, 1.54) is 11.1 Å². The smallest absolute Gasteiger partial charge is 0.159 e. The van der Waals surface area contributed by atoms with Gasteiger partial charge in [-0.25, -0.2) is 4.68 Å². The van der Waals surface area contributed by atoms with Crippen LogP contribution >= 0.6 is 0 Å². The molecule has 0 atom stereocenters. The molecule has 1 aromatic heterocycles. The number of aromatic hydroxyl groups is 1. The van der Waals surface area contributed by atoms with E-state index in [0.29, 0.717) is 5.69 Å². The first kappa shape index (κ1) is 10.7. The van der Waals surface area contributed by atoms with Crippen LogP contribution in [0.5, 0.6) is 5.75 Å². The second-order valence-corrected chi connectivity index (χ2v) is 4.28.